The summed E-state index contributed by atoms with van der Waals surface area (Å²) in [6, 6.07) is 9.91. The van der Waals surface area contributed by atoms with Gasteiger partial charge in [-0.25, -0.2) is 4.39 Å². The molecule has 0 spiro atoms. The maximum Gasteiger partial charge on any atom is 0.254 e. The van der Waals surface area contributed by atoms with E-state index >= 15 is 0 Å². The van der Waals surface area contributed by atoms with Crippen molar-refractivity contribution in [1.29, 1.82) is 0 Å². The van der Waals surface area contributed by atoms with Crippen molar-refractivity contribution in [3.63, 3.8) is 0 Å². The van der Waals surface area contributed by atoms with Crippen LogP contribution in [-0.2, 0) is 0 Å². The van der Waals surface area contributed by atoms with Crippen LogP contribution in [0.15, 0.2) is 36.4 Å². The highest BCUT2D eigenvalue weighted by Crippen LogP contribution is 2.30. The van der Waals surface area contributed by atoms with Crippen LogP contribution in [0.5, 0.6) is 5.75 Å². The molecular formula is C19H24Cl2FN3O2. The molecule has 1 aliphatic heterocycles. The number of ether oxygens (including phenoxy) is 1. The van der Waals surface area contributed by atoms with Gasteiger partial charge in [-0.2, -0.15) is 0 Å². The lowest BCUT2D eigenvalue weighted by molar-refractivity contribution is 0.0746. The molecule has 0 bridgehead atoms. The highest BCUT2D eigenvalue weighted by molar-refractivity contribution is 5.96. The first-order chi connectivity index (χ1) is 12.0. The third-order valence-corrected chi connectivity index (χ3v) is 4.54. The average Bonchev–Trinajstić information content (AvgIpc) is 2.63. The average molecular weight is 416 g/mol. The van der Waals surface area contributed by atoms with Crippen LogP contribution in [0.1, 0.15) is 15.9 Å². The van der Waals surface area contributed by atoms with Gasteiger partial charge in [-0.05, 0) is 36.8 Å². The summed E-state index contributed by atoms with van der Waals surface area (Å²) in [5, 5.41) is 0. The summed E-state index contributed by atoms with van der Waals surface area (Å²) in [6.45, 7) is 4.41. The zero-order valence-electron chi connectivity index (χ0n) is 15.3. The van der Waals surface area contributed by atoms with E-state index in [1.165, 1.54) is 19.2 Å². The van der Waals surface area contributed by atoms with E-state index in [-0.39, 0.29) is 36.5 Å². The SMILES string of the molecule is COc1cc(F)ccc1N1CCN(C(=O)c2cc(N)ccc2C)CC1.Cl.Cl. The fraction of sp³-hybridized carbons (Fsp3) is 0.316. The molecule has 148 valence electrons. The first-order valence-electron chi connectivity index (χ1n) is 8.23. The first kappa shape index (κ1) is 22.9. The summed E-state index contributed by atoms with van der Waals surface area (Å²) in [7, 11) is 1.53. The second kappa shape index (κ2) is 9.67. The molecule has 0 atom stereocenters. The standard InChI is InChI=1S/C19H22FN3O2.2ClH/c1-13-3-5-15(21)12-16(13)19(24)23-9-7-22(8-10-23)17-6-4-14(20)11-18(17)25-2;;/h3-6,11-12H,7-10,21H2,1-2H3;2*1H. The van der Waals surface area contributed by atoms with Gasteiger partial charge in [0.1, 0.15) is 11.6 Å². The normalized spacial score (nSPS) is 13.4. The fourth-order valence-corrected chi connectivity index (χ4v) is 3.10. The number of nitrogen functional groups attached to an aromatic ring is 1. The molecule has 1 amide bonds. The summed E-state index contributed by atoms with van der Waals surface area (Å²) in [5.74, 6) is 0.175. The summed E-state index contributed by atoms with van der Waals surface area (Å²) in [5.41, 5.74) is 8.81. The van der Waals surface area contributed by atoms with Crippen LogP contribution in [-0.4, -0.2) is 44.1 Å². The molecular weight excluding hydrogens is 392 g/mol. The van der Waals surface area contributed by atoms with E-state index in [0.717, 1.165) is 11.3 Å². The zero-order chi connectivity index (χ0) is 18.0. The summed E-state index contributed by atoms with van der Waals surface area (Å²) in [6.07, 6.45) is 0. The molecule has 2 aromatic rings. The van der Waals surface area contributed by atoms with Crippen LogP contribution in [0.25, 0.3) is 0 Å². The second-order valence-corrected chi connectivity index (χ2v) is 6.17. The number of benzene rings is 2. The van der Waals surface area contributed by atoms with Crippen molar-refractivity contribution in [2.75, 3.05) is 43.9 Å². The number of aryl methyl sites for hydroxylation is 1. The van der Waals surface area contributed by atoms with Gasteiger partial charge in [-0.1, -0.05) is 6.07 Å². The van der Waals surface area contributed by atoms with Crippen molar-refractivity contribution >= 4 is 42.1 Å². The van der Waals surface area contributed by atoms with Gasteiger partial charge in [0, 0.05) is 43.5 Å². The summed E-state index contributed by atoms with van der Waals surface area (Å²) < 4.78 is 18.6. The molecule has 3 rings (SSSR count). The van der Waals surface area contributed by atoms with Gasteiger partial charge in [0.05, 0.1) is 12.8 Å². The molecule has 8 heteroatoms. The number of piperazine rings is 1. The third-order valence-electron chi connectivity index (χ3n) is 4.54. The Kier molecular flexibility index (Phi) is 8.19. The number of amides is 1. The Balaban J connectivity index is 0.00000182. The number of methoxy groups -OCH3 is 1. The molecule has 1 saturated heterocycles. The lowest BCUT2D eigenvalue weighted by Crippen LogP contribution is -2.49. The van der Waals surface area contributed by atoms with Crippen LogP contribution < -0.4 is 15.4 Å². The molecule has 0 aliphatic carbocycles. The number of rotatable bonds is 3. The molecule has 5 nitrogen and oxygen atoms in total. The molecule has 0 aromatic heterocycles. The van der Waals surface area contributed by atoms with Gasteiger partial charge in [-0.15, -0.1) is 24.8 Å². The number of halogens is 3. The molecule has 1 heterocycles. The Morgan fingerprint density at radius 2 is 1.74 bits per heavy atom. The summed E-state index contributed by atoms with van der Waals surface area (Å²) >= 11 is 0. The maximum absolute atomic E-state index is 13.4. The Bertz CT molecular complexity index is 797. The lowest BCUT2D eigenvalue weighted by atomic mass is 10.1. The van der Waals surface area contributed by atoms with Gasteiger partial charge in [0.2, 0.25) is 0 Å². The van der Waals surface area contributed by atoms with E-state index in [1.807, 2.05) is 17.9 Å². The molecule has 0 unspecified atom stereocenters. The number of nitrogens with zero attached hydrogens (tertiary/aromatic N) is 2. The first-order valence-corrected chi connectivity index (χ1v) is 8.23. The largest absolute Gasteiger partial charge is 0.494 e. The van der Waals surface area contributed by atoms with E-state index in [1.54, 1.807) is 18.2 Å². The minimum Gasteiger partial charge on any atom is -0.494 e. The van der Waals surface area contributed by atoms with Crippen molar-refractivity contribution in [3.8, 4) is 5.75 Å². The number of carbonyl (C=O) groups is 1. The molecule has 2 aromatic carbocycles. The predicted molar refractivity (Wildman–Crippen MR) is 111 cm³/mol. The van der Waals surface area contributed by atoms with E-state index in [9.17, 15) is 9.18 Å². The number of hydrogen-bond donors (Lipinski definition) is 1. The van der Waals surface area contributed by atoms with E-state index in [0.29, 0.717) is 43.2 Å². The van der Waals surface area contributed by atoms with Crippen molar-refractivity contribution in [2.45, 2.75) is 6.92 Å². The van der Waals surface area contributed by atoms with Gasteiger partial charge in [0.15, 0.2) is 0 Å². The topological polar surface area (TPSA) is 58.8 Å². The molecule has 1 aliphatic rings. The molecule has 0 radical (unpaired) electrons. The molecule has 1 fully saturated rings. The maximum atomic E-state index is 13.4. The zero-order valence-corrected chi connectivity index (χ0v) is 16.9. The second-order valence-electron chi connectivity index (χ2n) is 6.17. The number of hydrogen-bond acceptors (Lipinski definition) is 4. The Morgan fingerprint density at radius 1 is 1.07 bits per heavy atom. The third kappa shape index (κ3) is 4.96. The highest BCUT2D eigenvalue weighted by Gasteiger charge is 2.24. The highest BCUT2D eigenvalue weighted by atomic mass is 35.5. The molecule has 2 N–H and O–H groups in total. The van der Waals surface area contributed by atoms with Gasteiger partial charge in [0.25, 0.3) is 5.91 Å². The van der Waals surface area contributed by atoms with Crippen LogP contribution in [0, 0.1) is 12.7 Å². The van der Waals surface area contributed by atoms with Gasteiger partial charge >= 0.3 is 0 Å². The Hall–Kier alpha value is -2.18. The minimum atomic E-state index is -0.327. The quantitative estimate of drug-likeness (QED) is 0.778. The molecule has 0 saturated carbocycles. The van der Waals surface area contributed by atoms with E-state index in [4.69, 9.17) is 10.5 Å². The van der Waals surface area contributed by atoms with Crippen LogP contribution >= 0.6 is 24.8 Å². The van der Waals surface area contributed by atoms with Crippen molar-refractivity contribution in [2.24, 2.45) is 0 Å². The number of carbonyl (C=O) groups excluding carboxylic acids is 1. The monoisotopic (exact) mass is 415 g/mol. The summed E-state index contributed by atoms with van der Waals surface area (Å²) in [4.78, 5) is 16.7. The minimum absolute atomic E-state index is 0. The number of nitrogens with two attached hydrogens (primary N) is 1. The van der Waals surface area contributed by atoms with Gasteiger partial charge in [-0.3, -0.25) is 4.79 Å². The van der Waals surface area contributed by atoms with Crippen molar-refractivity contribution in [1.82, 2.24) is 4.90 Å². The van der Waals surface area contributed by atoms with Crippen LogP contribution in [0.2, 0.25) is 0 Å². The number of anilines is 2. The van der Waals surface area contributed by atoms with Crippen molar-refractivity contribution < 1.29 is 13.9 Å². The van der Waals surface area contributed by atoms with E-state index in [2.05, 4.69) is 4.90 Å². The predicted octanol–water partition coefficient (Wildman–Crippen LogP) is 3.53. The molecule has 27 heavy (non-hydrogen) atoms. The lowest BCUT2D eigenvalue weighted by Gasteiger charge is -2.36. The Labute approximate surface area is 171 Å². The van der Waals surface area contributed by atoms with Crippen LogP contribution in [0.3, 0.4) is 0 Å². The fourth-order valence-electron chi connectivity index (χ4n) is 3.10. The Morgan fingerprint density at radius 3 is 2.37 bits per heavy atom. The smallest absolute Gasteiger partial charge is 0.254 e. The van der Waals surface area contributed by atoms with Gasteiger partial charge < -0.3 is 20.3 Å². The van der Waals surface area contributed by atoms with E-state index < -0.39 is 0 Å². The van der Waals surface area contributed by atoms with Crippen LogP contribution in [0.4, 0.5) is 15.8 Å². The van der Waals surface area contributed by atoms with Crippen molar-refractivity contribution in [3.05, 3.63) is 53.3 Å².